The zero-order valence-electron chi connectivity index (χ0n) is 16.1. The first kappa shape index (κ1) is 18.7. The van der Waals surface area contributed by atoms with Crippen LogP contribution in [-0.4, -0.2) is 52.6 Å². The summed E-state index contributed by atoms with van der Waals surface area (Å²) in [4.78, 5) is 21.2. The van der Waals surface area contributed by atoms with Gasteiger partial charge < -0.3 is 14.4 Å². The third-order valence-electron chi connectivity index (χ3n) is 5.49. The Morgan fingerprint density at radius 3 is 2.64 bits per heavy atom. The van der Waals surface area contributed by atoms with Crippen LogP contribution >= 0.6 is 0 Å². The molecule has 0 saturated carbocycles. The first-order valence-electron chi connectivity index (χ1n) is 9.70. The lowest BCUT2D eigenvalue weighted by molar-refractivity contribution is 0.128. The molecule has 6 nitrogen and oxygen atoms in total. The van der Waals surface area contributed by atoms with Crippen molar-refractivity contribution in [2.45, 2.75) is 19.9 Å². The molecule has 1 aliphatic rings. The number of aromatic nitrogens is 1. The molecule has 0 radical (unpaired) electrons. The first-order chi connectivity index (χ1) is 13.6. The van der Waals surface area contributed by atoms with Crippen LogP contribution in [0, 0.1) is 6.92 Å². The maximum Gasteiger partial charge on any atom is 0.336 e. The van der Waals surface area contributed by atoms with E-state index in [0.717, 1.165) is 55.8 Å². The van der Waals surface area contributed by atoms with Crippen molar-refractivity contribution in [1.29, 1.82) is 0 Å². The topological polar surface area (TPSA) is 69.8 Å². The summed E-state index contributed by atoms with van der Waals surface area (Å²) in [5.41, 5.74) is 2.81. The van der Waals surface area contributed by atoms with Crippen molar-refractivity contribution in [2.24, 2.45) is 0 Å². The molecule has 0 spiro atoms. The van der Waals surface area contributed by atoms with Gasteiger partial charge in [0, 0.05) is 74.6 Å². The SMILES string of the molecule is Cc1c(O)ccc2c(CN3CCN(CCc4ccccn4)CC3)cc(=O)oc12. The lowest BCUT2D eigenvalue weighted by Gasteiger charge is -2.34. The van der Waals surface area contributed by atoms with Crippen LogP contribution in [0.3, 0.4) is 0 Å². The number of fused-ring (bicyclic) bond motifs is 1. The number of hydrogen-bond acceptors (Lipinski definition) is 6. The molecule has 6 heteroatoms. The average molecular weight is 379 g/mol. The van der Waals surface area contributed by atoms with Crippen LogP contribution in [0.25, 0.3) is 11.0 Å². The van der Waals surface area contributed by atoms with Gasteiger partial charge in [-0.2, -0.15) is 0 Å². The fraction of sp³-hybridized carbons (Fsp3) is 0.364. The smallest absolute Gasteiger partial charge is 0.336 e. The van der Waals surface area contributed by atoms with E-state index in [1.54, 1.807) is 19.1 Å². The third-order valence-corrected chi connectivity index (χ3v) is 5.49. The van der Waals surface area contributed by atoms with Gasteiger partial charge in [0.05, 0.1) is 0 Å². The number of piperazine rings is 1. The van der Waals surface area contributed by atoms with E-state index in [2.05, 4.69) is 20.9 Å². The van der Waals surface area contributed by atoms with Crippen molar-refractivity contribution < 1.29 is 9.52 Å². The van der Waals surface area contributed by atoms with E-state index in [1.165, 1.54) is 0 Å². The fourth-order valence-corrected chi connectivity index (χ4v) is 3.78. The molecule has 1 N–H and O–H groups in total. The van der Waals surface area contributed by atoms with Gasteiger partial charge in [0.15, 0.2) is 0 Å². The molecule has 0 bridgehead atoms. The Labute approximate surface area is 164 Å². The van der Waals surface area contributed by atoms with Crippen LogP contribution < -0.4 is 5.63 Å². The van der Waals surface area contributed by atoms with Gasteiger partial charge in [0.1, 0.15) is 11.3 Å². The zero-order valence-corrected chi connectivity index (χ0v) is 16.1. The van der Waals surface area contributed by atoms with Crippen molar-refractivity contribution in [3.05, 3.63) is 69.8 Å². The minimum atomic E-state index is -0.370. The maximum absolute atomic E-state index is 12.0. The van der Waals surface area contributed by atoms with Crippen LogP contribution in [0.2, 0.25) is 0 Å². The van der Waals surface area contributed by atoms with E-state index in [1.807, 2.05) is 24.4 Å². The Bertz CT molecular complexity index is 1010. The Balaban J connectivity index is 1.40. The van der Waals surface area contributed by atoms with Crippen LogP contribution in [0.5, 0.6) is 5.75 Å². The molecule has 3 heterocycles. The summed E-state index contributed by atoms with van der Waals surface area (Å²) in [5.74, 6) is 0.148. The number of aromatic hydroxyl groups is 1. The molecule has 0 atom stereocenters. The molecular weight excluding hydrogens is 354 g/mol. The second kappa shape index (κ2) is 8.12. The summed E-state index contributed by atoms with van der Waals surface area (Å²) in [6.45, 7) is 7.42. The Morgan fingerprint density at radius 2 is 1.89 bits per heavy atom. The summed E-state index contributed by atoms with van der Waals surface area (Å²) in [5, 5.41) is 10.8. The number of aryl methyl sites for hydroxylation is 1. The Morgan fingerprint density at radius 1 is 1.11 bits per heavy atom. The zero-order chi connectivity index (χ0) is 19.5. The van der Waals surface area contributed by atoms with Crippen molar-refractivity contribution in [1.82, 2.24) is 14.8 Å². The highest BCUT2D eigenvalue weighted by Gasteiger charge is 2.19. The van der Waals surface area contributed by atoms with Gasteiger partial charge in [-0.05, 0) is 36.8 Å². The standard InChI is InChI=1S/C22H25N3O3/c1-16-20(26)6-5-19-17(14-21(27)28-22(16)19)15-25-12-10-24(11-13-25)9-7-18-4-2-3-8-23-18/h2-6,8,14,26H,7,9-13,15H2,1H3. The van der Waals surface area contributed by atoms with Gasteiger partial charge in [-0.25, -0.2) is 4.79 Å². The quantitative estimate of drug-likeness (QED) is 0.687. The number of hydrogen-bond donors (Lipinski definition) is 1. The molecule has 0 unspecified atom stereocenters. The highest BCUT2D eigenvalue weighted by atomic mass is 16.4. The van der Waals surface area contributed by atoms with Crippen molar-refractivity contribution >= 4 is 11.0 Å². The number of benzene rings is 1. The largest absolute Gasteiger partial charge is 0.508 e. The number of phenols is 1. The molecule has 3 aromatic rings. The summed E-state index contributed by atoms with van der Waals surface area (Å²) in [6, 6.07) is 11.1. The molecule has 1 aromatic carbocycles. The van der Waals surface area contributed by atoms with Gasteiger partial charge in [0.2, 0.25) is 0 Å². The first-order valence-corrected chi connectivity index (χ1v) is 9.70. The van der Waals surface area contributed by atoms with Gasteiger partial charge in [-0.3, -0.25) is 9.88 Å². The number of phenolic OH excluding ortho intramolecular Hbond substituents is 1. The highest BCUT2D eigenvalue weighted by molar-refractivity contribution is 5.84. The number of nitrogens with zero attached hydrogens (tertiary/aromatic N) is 3. The van der Waals surface area contributed by atoms with E-state index in [4.69, 9.17) is 4.42 Å². The van der Waals surface area contributed by atoms with Gasteiger partial charge in [-0.1, -0.05) is 6.07 Å². The van der Waals surface area contributed by atoms with E-state index in [-0.39, 0.29) is 11.4 Å². The lowest BCUT2D eigenvalue weighted by atomic mass is 10.1. The highest BCUT2D eigenvalue weighted by Crippen LogP contribution is 2.28. The van der Waals surface area contributed by atoms with E-state index < -0.39 is 0 Å². The Hall–Kier alpha value is -2.70. The average Bonchev–Trinajstić information content (AvgIpc) is 2.71. The molecule has 1 saturated heterocycles. The summed E-state index contributed by atoms with van der Waals surface area (Å²) >= 11 is 0. The fourth-order valence-electron chi connectivity index (χ4n) is 3.78. The summed E-state index contributed by atoms with van der Waals surface area (Å²) < 4.78 is 5.35. The van der Waals surface area contributed by atoms with Gasteiger partial charge in [-0.15, -0.1) is 0 Å². The predicted molar refractivity (Wildman–Crippen MR) is 109 cm³/mol. The molecule has 0 amide bonds. The second-order valence-corrected chi connectivity index (χ2v) is 7.37. The molecule has 146 valence electrons. The van der Waals surface area contributed by atoms with Gasteiger partial charge in [0.25, 0.3) is 0 Å². The lowest BCUT2D eigenvalue weighted by Crippen LogP contribution is -2.46. The monoisotopic (exact) mass is 379 g/mol. The molecule has 1 fully saturated rings. The predicted octanol–water partition coefficient (Wildman–Crippen LogP) is 2.56. The maximum atomic E-state index is 12.0. The minimum Gasteiger partial charge on any atom is -0.508 e. The molecular formula is C22H25N3O3. The van der Waals surface area contributed by atoms with E-state index in [0.29, 0.717) is 17.7 Å². The van der Waals surface area contributed by atoms with E-state index in [9.17, 15) is 9.90 Å². The minimum absolute atomic E-state index is 0.148. The molecule has 4 rings (SSSR count). The van der Waals surface area contributed by atoms with Crippen LogP contribution in [0.4, 0.5) is 0 Å². The number of pyridine rings is 1. The molecule has 2 aromatic heterocycles. The molecule has 28 heavy (non-hydrogen) atoms. The summed E-state index contributed by atoms with van der Waals surface area (Å²) in [6.07, 6.45) is 2.81. The van der Waals surface area contributed by atoms with Crippen LogP contribution in [-0.2, 0) is 13.0 Å². The van der Waals surface area contributed by atoms with Crippen molar-refractivity contribution in [3.8, 4) is 5.75 Å². The van der Waals surface area contributed by atoms with Crippen LogP contribution in [0.1, 0.15) is 16.8 Å². The molecule has 0 aliphatic carbocycles. The Kier molecular flexibility index (Phi) is 5.41. The van der Waals surface area contributed by atoms with Gasteiger partial charge >= 0.3 is 5.63 Å². The third kappa shape index (κ3) is 4.08. The summed E-state index contributed by atoms with van der Waals surface area (Å²) in [7, 11) is 0. The second-order valence-electron chi connectivity index (χ2n) is 7.37. The van der Waals surface area contributed by atoms with E-state index >= 15 is 0 Å². The normalized spacial score (nSPS) is 15.9. The molecule has 1 aliphatic heterocycles. The van der Waals surface area contributed by atoms with Crippen molar-refractivity contribution in [3.63, 3.8) is 0 Å². The number of rotatable bonds is 5. The van der Waals surface area contributed by atoms with Crippen molar-refractivity contribution in [2.75, 3.05) is 32.7 Å². The van der Waals surface area contributed by atoms with Crippen LogP contribution in [0.15, 0.2) is 51.8 Å².